The largest absolute Gasteiger partial charge is 0.340 e. The van der Waals surface area contributed by atoms with Gasteiger partial charge in [0, 0.05) is 25.9 Å². The Morgan fingerprint density at radius 3 is 1.19 bits per heavy atom. The molecule has 3 saturated carbocycles. The van der Waals surface area contributed by atoms with Crippen LogP contribution in [0.25, 0.3) is 0 Å². The zero-order chi connectivity index (χ0) is 18.5. The number of nitrogens with zero attached hydrogens (tertiary/aromatic N) is 2. The van der Waals surface area contributed by atoms with Gasteiger partial charge in [0.25, 0.3) is 0 Å². The summed E-state index contributed by atoms with van der Waals surface area (Å²) in [6.07, 6.45) is 16.0. The van der Waals surface area contributed by atoms with E-state index in [1.54, 1.807) is 0 Å². The molecule has 3 aliphatic rings. The quantitative estimate of drug-likeness (QED) is 0.745. The SMILES string of the molecule is CN(C(=O)C1CCCCC1)C1CCCCC1N(C)C(=O)C1CCCCC1. The van der Waals surface area contributed by atoms with Crippen LogP contribution in [0.15, 0.2) is 0 Å². The van der Waals surface area contributed by atoms with Crippen LogP contribution >= 0.6 is 0 Å². The van der Waals surface area contributed by atoms with Gasteiger partial charge < -0.3 is 9.80 Å². The second kappa shape index (κ2) is 9.23. The highest BCUT2D eigenvalue weighted by Gasteiger charge is 2.38. The molecule has 0 spiro atoms. The Morgan fingerprint density at radius 2 is 0.846 bits per heavy atom. The maximum absolute atomic E-state index is 13.1. The molecule has 148 valence electrons. The highest BCUT2D eigenvalue weighted by Crippen LogP contribution is 2.32. The predicted molar refractivity (Wildman–Crippen MR) is 105 cm³/mol. The standard InChI is InChI=1S/C22H38N2O2/c1-23(21(25)17-11-5-3-6-12-17)19-15-9-10-16-20(19)24(2)22(26)18-13-7-4-8-14-18/h17-20H,3-16H2,1-2H3. The lowest BCUT2D eigenvalue weighted by atomic mass is 9.83. The molecule has 3 fully saturated rings. The maximum atomic E-state index is 13.1. The normalized spacial score (nSPS) is 28.5. The third kappa shape index (κ3) is 4.43. The van der Waals surface area contributed by atoms with E-state index < -0.39 is 0 Å². The van der Waals surface area contributed by atoms with Crippen molar-refractivity contribution < 1.29 is 9.59 Å². The van der Waals surface area contributed by atoms with Crippen LogP contribution in [0.5, 0.6) is 0 Å². The number of carbonyl (C=O) groups excluding carboxylic acids is 2. The summed E-state index contributed by atoms with van der Waals surface area (Å²) in [5, 5.41) is 0. The monoisotopic (exact) mass is 362 g/mol. The molecular weight excluding hydrogens is 324 g/mol. The number of likely N-dealkylation sites (N-methyl/N-ethyl adjacent to an activating group) is 2. The average Bonchev–Trinajstić information content (AvgIpc) is 2.73. The molecule has 0 radical (unpaired) electrons. The van der Waals surface area contributed by atoms with Crippen molar-refractivity contribution in [2.45, 2.75) is 102 Å². The second-order valence-electron chi connectivity index (χ2n) is 8.99. The van der Waals surface area contributed by atoms with Gasteiger partial charge in [0.15, 0.2) is 0 Å². The minimum absolute atomic E-state index is 0.204. The molecule has 0 aromatic heterocycles. The fourth-order valence-corrected chi connectivity index (χ4v) is 5.60. The summed E-state index contributed by atoms with van der Waals surface area (Å²) in [5.41, 5.74) is 0. The summed E-state index contributed by atoms with van der Waals surface area (Å²) in [5.74, 6) is 1.10. The van der Waals surface area contributed by atoms with E-state index in [9.17, 15) is 9.59 Å². The van der Waals surface area contributed by atoms with Crippen LogP contribution in [0.1, 0.15) is 89.9 Å². The first-order chi connectivity index (χ1) is 12.6. The smallest absolute Gasteiger partial charge is 0.225 e. The summed E-state index contributed by atoms with van der Waals surface area (Å²) in [7, 11) is 4.00. The number of rotatable bonds is 4. The Balaban J connectivity index is 1.66. The molecule has 3 rings (SSSR count). The van der Waals surface area contributed by atoms with Crippen molar-refractivity contribution in [1.29, 1.82) is 0 Å². The number of carbonyl (C=O) groups is 2. The van der Waals surface area contributed by atoms with Crippen LogP contribution in [0.4, 0.5) is 0 Å². The van der Waals surface area contributed by atoms with Crippen LogP contribution < -0.4 is 0 Å². The van der Waals surface area contributed by atoms with Crippen LogP contribution in [0.3, 0.4) is 0 Å². The highest BCUT2D eigenvalue weighted by atomic mass is 16.2. The minimum Gasteiger partial charge on any atom is -0.340 e. The zero-order valence-corrected chi connectivity index (χ0v) is 16.9. The molecule has 4 heteroatoms. The van der Waals surface area contributed by atoms with Crippen LogP contribution in [0, 0.1) is 11.8 Å². The molecule has 2 atom stereocenters. The van der Waals surface area contributed by atoms with Crippen molar-refractivity contribution in [2.75, 3.05) is 14.1 Å². The molecule has 0 saturated heterocycles. The third-order valence-electron chi connectivity index (χ3n) is 7.29. The van der Waals surface area contributed by atoms with Crippen molar-refractivity contribution in [3.8, 4) is 0 Å². The zero-order valence-electron chi connectivity index (χ0n) is 16.9. The average molecular weight is 363 g/mol. The van der Waals surface area contributed by atoms with Gasteiger partial charge in [0.2, 0.25) is 11.8 Å². The Morgan fingerprint density at radius 1 is 0.538 bits per heavy atom. The Bertz CT molecular complexity index is 437. The topological polar surface area (TPSA) is 40.6 Å². The van der Waals surface area contributed by atoms with Crippen molar-refractivity contribution in [3.05, 3.63) is 0 Å². The summed E-state index contributed by atoms with van der Waals surface area (Å²) in [4.78, 5) is 30.2. The fourth-order valence-electron chi connectivity index (χ4n) is 5.60. The highest BCUT2D eigenvalue weighted by molar-refractivity contribution is 5.80. The molecule has 3 aliphatic carbocycles. The first kappa shape index (κ1) is 19.7. The molecule has 26 heavy (non-hydrogen) atoms. The Labute approximate surface area is 159 Å². The van der Waals surface area contributed by atoms with Crippen molar-refractivity contribution in [3.63, 3.8) is 0 Å². The molecule has 0 N–H and O–H groups in total. The Hall–Kier alpha value is -1.06. The van der Waals surface area contributed by atoms with Gasteiger partial charge in [-0.2, -0.15) is 0 Å². The molecule has 0 aromatic carbocycles. The Kier molecular flexibility index (Phi) is 6.99. The van der Waals surface area contributed by atoms with Crippen molar-refractivity contribution in [2.24, 2.45) is 11.8 Å². The number of amides is 2. The molecule has 0 heterocycles. The maximum Gasteiger partial charge on any atom is 0.225 e. The molecule has 2 amide bonds. The molecule has 0 aliphatic heterocycles. The summed E-state index contributed by atoms with van der Waals surface area (Å²) in [6.45, 7) is 0. The van der Waals surface area contributed by atoms with Gasteiger partial charge in [-0.3, -0.25) is 9.59 Å². The molecule has 2 unspecified atom stereocenters. The summed E-state index contributed by atoms with van der Waals surface area (Å²) < 4.78 is 0. The van der Waals surface area contributed by atoms with E-state index in [1.165, 1.54) is 51.4 Å². The molecule has 0 bridgehead atoms. The van der Waals surface area contributed by atoms with Gasteiger partial charge in [-0.05, 0) is 38.5 Å². The predicted octanol–water partition coefficient (Wildman–Crippen LogP) is 4.38. The lowest BCUT2D eigenvalue weighted by Gasteiger charge is -2.44. The van der Waals surface area contributed by atoms with Gasteiger partial charge in [-0.15, -0.1) is 0 Å². The van der Waals surface area contributed by atoms with E-state index in [0.717, 1.165) is 38.5 Å². The van der Waals surface area contributed by atoms with Gasteiger partial charge in [0.05, 0.1) is 12.1 Å². The van der Waals surface area contributed by atoms with Crippen LogP contribution in [-0.4, -0.2) is 47.8 Å². The van der Waals surface area contributed by atoms with Gasteiger partial charge in [0.1, 0.15) is 0 Å². The number of hydrogen-bond donors (Lipinski definition) is 0. The van der Waals surface area contributed by atoms with E-state index in [1.807, 2.05) is 23.9 Å². The number of hydrogen-bond acceptors (Lipinski definition) is 2. The van der Waals surface area contributed by atoms with E-state index >= 15 is 0 Å². The molecular formula is C22H38N2O2. The van der Waals surface area contributed by atoms with E-state index in [-0.39, 0.29) is 23.9 Å². The van der Waals surface area contributed by atoms with Crippen LogP contribution in [-0.2, 0) is 9.59 Å². The first-order valence-electron chi connectivity index (χ1n) is 11.1. The van der Waals surface area contributed by atoms with E-state index in [0.29, 0.717) is 11.8 Å². The fraction of sp³-hybridized carbons (Fsp3) is 0.909. The summed E-state index contributed by atoms with van der Waals surface area (Å²) >= 11 is 0. The second-order valence-corrected chi connectivity index (χ2v) is 8.99. The van der Waals surface area contributed by atoms with E-state index in [4.69, 9.17) is 0 Å². The lowest BCUT2D eigenvalue weighted by molar-refractivity contribution is -0.145. The van der Waals surface area contributed by atoms with E-state index in [2.05, 4.69) is 0 Å². The van der Waals surface area contributed by atoms with Gasteiger partial charge in [-0.25, -0.2) is 0 Å². The van der Waals surface area contributed by atoms with Gasteiger partial charge in [-0.1, -0.05) is 51.4 Å². The lowest BCUT2D eigenvalue weighted by Crippen LogP contribution is -2.56. The molecule has 0 aromatic rings. The van der Waals surface area contributed by atoms with Crippen molar-refractivity contribution >= 4 is 11.8 Å². The van der Waals surface area contributed by atoms with Crippen molar-refractivity contribution in [1.82, 2.24) is 9.80 Å². The van der Waals surface area contributed by atoms with Crippen LogP contribution in [0.2, 0.25) is 0 Å². The van der Waals surface area contributed by atoms with Gasteiger partial charge >= 0.3 is 0 Å². The first-order valence-corrected chi connectivity index (χ1v) is 11.1. The molecule has 4 nitrogen and oxygen atoms in total. The minimum atomic E-state index is 0.204. The summed E-state index contributed by atoms with van der Waals surface area (Å²) in [6, 6.07) is 0.409. The third-order valence-corrected chi connectivity index (χ3v) is 7.29.